The molecule has 0 spiro atoms. The number of para-hydroxylation sites is 1. The second kappa shape index (κ2) is 11.7. The summed E-state index contributed by atoms with van der Waals surface area (Å²) in [5, 5.41) is 7.88. The maximum atomic E-state index is 5.99. The molecule has 0 saturated carbocycles. The summed E-state index contributed by atoms with van der Waals surface area (Å²) < 4.78 is 8.18. The Kier molecular flexibility index (Phi) is 8.72. The Bertz CT molecular complexity index is 1150. The van der Waals surface area contributed by atoms with E-state index >= 15 is 0 Å². The predicted molar refractivity (Wildman–Crippen MR) is 141 cm³/mol. The fourth-order valence-corrected chi connectivity index (χ4v) is 3.65. The Morgan fingerprint density at radius 2 is 1.84 bits per heavy atom. The van der Waals surface area contributed by atoms with Crippen molar-refractivity contribution in [2.75, 3.05) is 13.1 Å². The first-order chi connectivity index (χ1) is 15.2. The van der Waals surface area contributed by atoms with Gasteiger partial charge in [-0.1, -0.05) is 48.5 Å². The maximum Gasteiger partial charge on any atom is 0.191 e. The number of aryl methyl sites for hydroxylation is 1. The van der Waals surface area contributed by atoms with E-state index in [9.17, 15) is 0 Å². The third-order valence-corrected chi connectivity index (χ3v) is 5.31. The number of guanidine groups is 1. The van der Waals surface area contributed by atoms with Crippen molar-refractivity contribution in [2.45, 2.75) is 33.4 Å². The topological polar surface area (TPSA) is 67.4 Å². The third kappa shape index (κ3) is 5.91. The van der Waals surface area contributed by atoms with Crippen molar-refractivity contribution in [2.24, 2.45) is 4.99 Å². The fraction of sp³-hybridized carbons (Fsp3) is 0.280. The molecule has 4 rings (SSSR count). The summed E-state index contributed by atoms with van der Waals surface area (Å²) in [4.78, 5) is 9.25. The van der Waals surface area contributed by atoms with E-state index in [0.717, 1.165) is 60.1 Å². The number of halogens is 1. The minimum absolute atomic E-state index is 0. The Labute approximate surface area is 206 Å². The number of aliphatic imine (C=N–C) groups is 1. The van der Waals surface area contributed by atoms with Crippen LogP contribution in [0, 0.1) is 6.92 Å². The van der Waals surface area contributed by atoms with E-state index in [1.807, 2.05) is 36.7 Å². The summed E-state index contributed by atoms with van der Waals surface area (Å²) in [5.74, 6) is 2.74. The molecule has 0 bridgehead atoms. The molecule has 0 fully saturated rings. The number of imidazole rings is 1. The lowest BCUT2D eigenvalue weighted by atomic mass is 10.1. The van der Waals surface area contributed by atoms with Gasteiger partial charge in [0.15, 0.2) is 5.96 Å². The van der Waals surface area contributed by atoms with Crippen molar-refractivity contribution in [1.82, 2.24) is 20.2 Å². The molecule has 6 nitrogen and oxygen atoms in total. The third-order valence-electron chi connectivity index (χ3n) is 5.31. The maximum absolute atomic E-state index is 5.99. The van der Waals surface area contributed by atoms with E-state index in [-0.39, 0.29) is 24.0 Å². The molecule has 0 saturated heterocycles. The number of benzene rings is 2. The molecule has 0 aliphatic heterocycles. The van der Waals surface area contributed by atoms with Crippen LogP contribution in [0.1, 0.15) is 29.6 Å². The van der Waals surface area contributed by atoms with Gasteiger partial charge in [-0.25, -0.2) is 9.98 Å². The van der Waals surface area contributed by atoms with Gasteiger partial charge >= 0.3 is 0 Å². The first-order valence-corrected chi connectivity index (χ1v) is 10.8. The Morgan fingerprint density at radius 1 is 1.06 bits per heavy atom. The summed E-state index contributed by atoms with van der Waals surface area (Å²) in [5.41, 5.74) is 3.33. The molecule has 7 heteroatoms. The highest BCUT2D eigenvalue weighted by Gasteiger charge is 2.10. The monoisotopic (exact) mass is 543 g/mol. The molecule has 0 aliphatic rings. The molecule has 2 heterocycles. The minimum atomic E-state index is 0. The number of rotatable bonds is 8. The van der Waals surface area contributed by atoms with Crippen LogP contribution < -0.4 is 10.6 Å². The van der Waals surface area contributed by atoms with Crippen molar-refractivity contribution < 1.29 is 4.42 Å². The molecule has 2 aromatic carbocycles. The molecule has 2 N–H and O–H groups in total. The second-order valence-electron chi connectivity index (χ2n) is 7.48. The van der Waals surface area contributed by atoms with Crippen molar-refractivity contribution in [3.63, 3.8) is 0 Å². The van der Waals surface area contributed by atoms with E-state index in [2.05, 4.69) is 64.4 Å². The number of nitrogens with zero attached hydrogens (tertiary/aromatic N) is 3. The first-order valence-electron chi connectivity index (χ1n) is 10.8. The van der Waals surface area contributed by atoms with Gasteiger partial charge in [0, 0.05) is 49.4 Å². The fourth-order valence-electron chi connectivity index (χ4n) is 3.65. The van der Waals surface area contributed by atoms with E-state index < -0.39 is 0 Å². The van der Waals surface area contributed by atoms with Crippen molar-refractivity contribution in [3.8, 4) is 0 Å². The number of hydrogen-bond acceptors (Lipinski definition) is 3. The number of aromatic nitrogens is 2. The minimum Gasteiger partial charge on any atom is -0.459 e. The zero-order chi connectivity index (χ0) is 21.5. The molecular formula is C25H30IN5O. The van der Waals surface area contributed by atoms with Crippen molar-refractivity contribution in [3.05, 3.63) is 89.7 Å². The predicted octanol–water partition coefficient (Wildman–Crippen LogP) is 4.90. The van der Waals surface area contributed by atoms with Gasteiger partial charge in [-0.3, -0.25) is 0 Å². The highest BCUT2D eigenvalue weighted by Crippen LogP contribution is 2.25. The Hall–Kier alpha value is -2.81. The Morgan fingerprint density at radius 3 is 2.62 bits per heavy atom. The summed E-state index contributed by atoms with van der Waals surface area (Å²) in [6.45, 7) is 7.03. The smallest absolute Gasteiger partial charge is 0.191 e. The normalized spacial score (nSPS) is 11.4. The lowest BCUT2D eigenvalue weighted by molar-refractivity contribution is 0.547. The van der Waals surface area contributed by atoms with Crippen molar-refractivity contribution >= 4 is 40.9 Å². The zero-order valence-corrected chi connectivity index (χ0v) is 20.9. The quantitative estimate of drug-likeness (QED) is 0.189. The van der Waals surface area contributed by atoms with Gasteiger partial charge in [0.2, 0.25) is 0 Å². The number of furan rings is 1. The number of fused-ring (bicyclic) bond motifs is 1. The molecule has 2 aromatic heterocycles. The molecule has 168 valence electrons. The van der Waals surface area contributed by atoms with Crippen LogP contribution in [-0.4, -0.2) is 28.6 Å². The number of nitrogens with one attached hydrogen (secondary N) is 2. The molecule has 0 atom stereocenters. The van der Waals surface area contributed by atoms with Gasteiger partial charge in [-0.15, -0.1) is 24.0 Å². The van der Waals surface area contributed by atoms with Crippen LogP contribution in [0.15, 0.2) is 76.4 Å². The van der Waals surface area contributed by atoms with Crippen LogP contribution in [0.4, 0.5) is 0 Å². The highest BCUT2D eigenvalue weighted by molar-refractivity contribution is 14.0. The van der Waals surface area contributed by atoms with Crippen LogP contribution in [0.25, 0.3) is 11.0 Å². The largest absolute Gasteiger partial charge is 0.459 e. The summed E-state index contributed by atoms with van der Waals surface area (Å²) in [6.07, 6.45) is 4.71. The van der Waals surface area contributed by atoms with Gasteiger partial charge < -0.3 is 19.6 Å². The van der Waals surface area contributed by atoms with Crippen LogP contribution in [0.5, 0.6) is 0 Å². The van der Waals surface area contributed by atoms with Gasteiger partial charge in [-0.2, -0.15) is 0 Å². The van der Waals surface area contributed by atoms with Gasteiger partial charge in [0.25, 0.3) is 0 Å². The molecule has 4 aromatic rings. The summed E-state index contributed by atoms with van der Waals surface area (Å²) >= 11 is 0. The Balaban J connectivity index is 0.00000289. The van der Waals surface area contributed by atoms with Crippen LogP contribution in [0.3, 0.4) is 0 Å². The van der Waals surface area contributed by atoms with Crippen LogP contribution >= 0.6 is 24.0 Å². The van der Waals surface area contributed by atoms with Crippen LogP contribution in [0.2, 0.25) is 0 Å². The molecular weight excluding hydrogens is 513 g/mol. The molecule has 0 aliphatic carbocycles. The SMILES string of the molecule is CCNC(=NCc1oc2ccccc2c1C)NCCc1nccn1Cc1ccccc1.I. The molecule has 0 unspecified atom stereocenters. The van der Waals surface area contributed by atoms with Crippen molar-refractivity contribution in [1.29, 1.82) is 0 Å². The van der Waals surface area contributed by atoms with E-state index in [1.54, 1.807) is 0 Å². The average Bonchev–Trinajstić information content (AvgIpc) is 3.37. The summed E-state index contributed by atoms with van der Waals surface area (Å²) in [6, 6.07) is 18.6. The molecule has 0 amide bonds. The summed E-state index contributed by atoms with van der Waals surface area (Å²) in [7, 11) is 0. The lowest BCUT2D eigenvalue weighted by Crippen LogP contribution is -2.38. The average molecular weight is 543 g/mol. The standard InChI is InChI=1S/C25H29N5O.HI/c1-3-26-25(29-17-23-19(2)21-11-7-8-12-22(21)31-23)28-14-13-24-27-15-16-30(24)18-20-9-5-4-6-10-20;/h4-12,15-16H,3,13-14,17-18H2,1-2H3,(H2,26,28,29);1H. The lowest BCUT2D eigenvalue weighted by Gasteiger charge is -2.12. The van der Waals surface area contributed by atoms with Gasteiger partial charge in [-0.05, 0) is 25.5 Å². The van der Waals surface area contributed by atoms with E-state index in [1.165, 1.54) is 5.56 Å². The first kappa shape index (κ1) is 23.8. The van der Waals surface area contributed by atoms with Gasteiger partial charge in [0.05, 0.1) is 0 Å². The second-order valence-corrected chi connectivity index (χ2v) is 7.48. The van der Waals surface area contributed by atoms with E-state index in [4.69, 9.17) is 9.41 Å². The highest BCUT2D eigenvalue weighted by atomic mass is 127. The molecule has 32 heavy (non-hydrogen) atoms. The molecule has 0 radical (unpaired) electrons. The zero-order valence-electron chi connectivity index (χ0n) is 18.5. The van der Waals surface area contributed by atoms with E-state index in [0.29, 0.717) is 6.54 Å². The van der Waals surface area contributed by atoms with Gasteiger partial charge in [0.1, 0.15) is 23.7 Å². The number of hydrogen-bond donors (Lipinski definition) is 2. The van der Waals surface area contributed by atoms with Crippen LogP contribution in [-0.2, 0) is 19.5 Å².